The van der Waals surface area contributed by atoms with E-state index in [4.69, 9.17) is 23.4 Å². The lowest BCUT2D eigenvalue weighted by molar-refractivity contribution is -0.277. The summed E-state index contributed by atoms with van der Waals surface area (Å²) in [4.78, 5) is 0. The molecule has 1 saturated heterocycles. The van der Waals surface area contributed by atoms with E-state index < -0.39 is 37.3 Å². The standard InChI is InChI=1S/C23H24O12/c1-31-15-3-9(4-16(32-2)18(15)27)22-12(26)7-11-13(33-22)5-10(25)6-14(11)34-23-21(30)20(29)19(28)17(8-24)35-23/h3-7,17,19-21,23-24,28-30H,8H2,1-2H3,(H2-,25,26,27)/p+1/t17-,19-,20+,21-,23?/m1/s1. The summed E-state index contributed by atoms with van der Waals surface area (Å²) in [5.74, 6) is -0.885. The van der Waals surface area contributed by atoms with Crippen LogP contribution in [0.5, 0.6) is 34.5 Å². The molecular formula is C23H25O12+. The van der Waals surface area contributed by atoms with E-state index in [0.29, 0.717) is 0 Å². The van der Waals surface area contributed by atoms with E-state index in [1.54, 1.807) is 0 Å². The van der Waals surface area contributed by atoms with Crippen molar-refractivity contribution in [3.05, 3.63) is 30.3 Å². The van der Waals surface area contributed by atoms with Crippen LogP contribution in [0.2, 0.25) is 0 Å². The number of ether oxygens (including phenoxy) is 4. The van der Waals surface area contributed by atoms with E-state index in [-0.39, 0.29) is 56.8 Å². The molecular weight excluding hydrogens is 468 g/mol. The number of benzene rings is 2. The van der Waals surface area contributed by atoms with Crippen LogP contribution >= 0.6 is 0 Å². The second kappa shape index (κ2) is 9.60. The average molecular weight is 493 g/mol. The Labute approximate surface area is 198 Å². The second-order valence-electron chi connectivity index (χ2n) is 7.86. The van der Waals surface area contributed by atoms with Crippen molar-refractivity contribution in [2.24, 2.45) is 0 Å². The summed E-state index contributed by atoms with van der Waals surface area (Å²) < 4.78 is 27.1. The molecule has 2 heterocycles. The van der Waals surface area contributed by atoms with Crippen LogP contribution in [0.3, 0.4) is 0 Å². The van der Waals surface area contributed by atoms with Gasteiger partial charge in [-0.15, -0.1) is 0 Å². The fourth-order valence-corrected chi connectivity index (χ4v) is 3.80. The molecule has 2 aromatic carbocycles. The maximum absolute atomic E-state index is 10.7. The molecule has 5 atom stereocenters. The lowest BCUT2D eigenvalue weighted by atomic mass is 9.99. The Morgan fingerprint density at radius 3 is 2.11 bits per heavy atom. The van der Waals surface area contributed by atoms with Gasteiger partial charge in [0, 0.05) is 24.3 Å². The normalized spacial score (nSPS) is 24.3. The zero-order valence-electron chi connectivity index (χ0n) is 18.7. The molecule has 0 bridgehead atoms. The van der Waals surface area contributed by atoms with Crippen LogP contribution in [0.1, 0.15) is 0 Å². The van der Waals surface area contributed by atoms with E-state index >= 15 is 0 Å². The zero-order valence-corrected chi connectivity index (χ0v) is 18.7. The fourth-order valence-electron chi connectivity index (χ4n) is 3.80. The smallest absolute Gasteiger partial charge is 0.402 e. The first kappa shape index (κ1) is 24.6. The van der Waals surface area contributed by atoms with Gasteiger partial charge in [0.25, 0.3) is 0 Å². The Morgan fingerprint density at radius 1 is 0.857 bits per heavy atom. The Morgan fingerprint density at radius 2 is 1.51 bits per heavy atom. The van der Waals surface area contributed by atoms with E-state index in [9.17, 15) is 35.7 Å². The molecule has 4 rings (SSSR count). The summed E-state index contributed by atoms with van der Waals surface area (Å²) in [6.45, 7) is -0.648. The molecule has 1 fully saturated rings. The monoisotopic (exact) mass is 493 g/mol. The second-order valence-corrected chi connectivity index (χ2v) is 7.86. The van der Waals surface area contributed by atoms with Crippen LogP contribution in [-0.4, -0.2) is 87.3 Å². The van der Waals surface area contributed by atoms with Crippen LogP contribution in [0, 0.1) is 0 Å². The predicted molar refractivity (Wildman–Crippen MR) is 119 cm³/mol. The highest BCUT2D eigenvalue weighted by Crippen LogP contribution is 2.45. The van der Waals surface area contributed by atoms with Crippen molar-refractivity contribution in [2.75, 3.05) is 20.8 Å². The molecule has 0 saturated carbocycles. The highest BCUT2D eigenvalue weighted by molar-refractivity contribution is 5.89. The average Bonchev–Trinajstić information content (AvgIpc) is 2.84. The van der Waals surface area contributed by atoms with E-state index in [1.807, 2.05) is 0 Å². The molecule has 188 valence electrons. The first-order valence-corrected chi connectivity index (χ1v) is 10.4. The number of hydrogen-bond acceptors (Lipinski definition) is 11. The molecule has 12 nitrogen and oxygen atoms in total. The number of hydrogen-bond donors (Lipinski definition) is 7. The Kier molecular flexibility index (Phi) is 6.74. The molecule has 35 heavy (non-hydrogen) atoms. The Balaban J connectivity index is 1.77. The molecule has 0 radical (unpaired) electrons. The quantitative estimate of drug-likeness (QED) is 0.238. The van der Waals surface area contributed by atoms with Crippen molar-refractivity contribution < 1.29 is 59.1 Å². The third-order valence-corrected chi connectivity index (χ3v) is 5.65. The molecule has 1 aromatic heterocycles. The third-order valence-electron chi connectivity index (χ3n) is 5.65. The van der Waals surface area contributed by atoms with Gasteiger partial charge in [-0.2, -0.15) is 0 Å². The largest absolute Gasteiger partial charge is 0.507 e. The third kappa shape index (κ3) is 4.45. The summed E-state index contributed by atoms with van der Waals surface area (Å²) in [6, 6.07) is 6.53. The van der Waals surface area contributed by atoms with Gasteiger partial charge < -0.3 is 54.7 Å². The minimum absolute atomic E-state index is 0.0431. The number of fused-ring (bicyclic) bond motifs is 1. The van der Waals surface area contributed by atoms with Crippen molar-refractivity contribution in [3.63, 3.8) is 0 Å². The molecule has 12 heteroatoms. The molecule has 7 N–H and O–H groups in total. The number of methoxy groups -OCH3 is 2. The maximum Gasteiger partial charge on any atom is 0.402 e. The van der Waals surface area contributed by atoms with Crippen LogP contribution in [-0.2, 0) is 4.74 Å². The van der Waals surface area contributed by atoms with Crippen molar-refractivity contribution in [1.29, 1.82) is 0 Å². The van der Waals surface area contributed by atoms with Gasteiger partial charge in [0.05, 0.1) is 32.5 Å². The van der Waals surface area contributed by atoms with E-state index in [1.165, 1.54) is 44.6 Å². The SMILES string of the molecule is COc1cc(-c2[o+]c3cc(O)cc(OC4O[C@H](CO)[C@@H](O)[C@H](O)[C@H]4O)c3cc2O)cc(OC)c1O. The maximum atomic E-state index is 10.7. The van der Waals surface area contributed by atoms with Gasteiger partial charge in [-0.1, -0.05) is 0 Å². The summed E-state index contributed by atoms with van der Waals surface area (Å²) in [6.07, 6.45) is -7.66. The summed E-state index contributed by atoms with van der Waals surface area (Å²) in [7, 11) is 2.69. The first-order chi connectivity index (χ1) is 16.7. The van der Waals surface area contributed by atoms with Gasteiger partial charge in [-0.3, -0.25) is 0 Å². The topological polar surface area (TPSA) is 190 Å². The van der Waals surface area contributed by atoms with Gasteiger partial charge in [0.15, 0.2) is 11.5 Å². The molecule has 1 aliphatic heterocycles. The summed E-state index contributed by atoms with van der Waals surface area (Å²) >= 11 is 0. The van der Waals surface area contributed by atoms with Crippen molar-refractivity contribution in [1.82, 2.24) is 0 Å². The molecule has 0 aliphatic carbocycles. The van der Waals surface area contributed by atoms with Gasteiger partial charge >= 0.3 is 11.3 Å². The molecule has 1 unspecified atom stereocenters. The highest BCUT2D eigenvalue weighted by Gasteiger charge is 2.45. The first-order valence-electron chi connectivity index (χ1n) is 10.4. The molecule has 0 amide bonds. The number of rotatable bonds is 6. The zero-order chi connectivity index (χ0) is 25.4. The van der Waals surface area contributed by atoms with Crippen LogP contribution < -0.4 is 14.2 Å². The van der Waals surface area contributed by atoms with Crippen LogP contribution in [0.25, 0.3) is 22.3 Å². The predicted octanol–water partition coefficient (Wildman–Crippen LogP) is 0.694. The number of phenols is 2. The van der Waals surface area contributed by atoms with Gasteiger partial charge in [-0.05, 0) is 0 Å². The molecule has 0 spiro atoms. The van der Waals surface area contributed by atoms with Crippen molar-refractivity contribution >= 4 is 11.0 Å². The van der Waals surface area contributed by atoms with Gasteiger partial charge in [0.2, 0.25) is 17.8 Å². The van der Waals surface area contributed by atoms with Crippen molar-refractivity contribution in [3.8, 4) is 45.8 Å². The minimum atomic E-state index is -1.69. The summed E-state index contributed by atoms with van der Waals surface area (Å²) in [5, 5.41) is 70.9. The summed E-state index contributed by atoms with van der Waals surface area (Å²) in [5.41, 5.74) is 0.346. The van der Waals surface area contributed by atoms with Crippen LogP contribution in [0.15, 0.2) is 34.7 Å². The number of aromatic hydroxyl groups is 3. The number of aliphatic hydroxyl groups is 4. The van der Waals surface area contributed by atoms with E-state index in [0.717, 1.165) is 0 Å². The van der Waals surface area contributed by atoms with Gasteiger partial charge in [-0.25, -0.2) is 4.42 Å². The fraction of sp³-hybridized carbons (Fsp3) is 0.348. The lowest BCUT2D eigenvalue weighted by Gasteiger charge is -2.39. The number of aliphatic hydroxyl groups excluding tert-OH is 4. The van der Waals surface area contributed by atoms with Crippen LogP contribution in [0.4, 0.5) is 0 Å². The highest BCUT2D eigenvalue weighted by atomic mass is 16.7. The number of phenolic OH excluding ortho intramolecular Hbond substituents is 2. The van der Waals surface area contributed by atoms with Crippen molar-refractivity contribution in [2.45, 2.75) is 30.7 Å². The Bertz CT molecular complexity index is 1200. The Hall–Kier alpha value is -3.55. The molecule has 1 aliphatic rings. The lowest BCUT2D eigenvalue weighted by Crippen LogP contribution is -2.60. The van der Waals surface area contributed by atoms with E-state index in [2.05, 4.69) is 0 Å². The minimum Gasteiger partial charge on any atom is -0.507 e. The molecule has 3 aromatic rings. The van der Waals surface area contributed by atoms with Gasteiger partial charge in [0.1, 0.15) is 41.3 Å².